The number of nitrogens with one attached hydrogen (secondary N) is 1. The Balaban J connectivity index is 1.38. The third kappa shape index (κ3) is 6.48. The van der Waals surface area contributed by atoms with Gasteiger partial charge in [-0.25, -0.2) is 4.79 Å². The number of aryl methyl sites for hydroxylation is 2. The summed E-state index contributed by atoms with van der Waals surface area (Å²) in [6.45, 7) is 7.55. The minimum Gasteiger partial charge on any atom is -0.493 e. The van der Waals surface area contributed by atoms with Crippen LogP contribution < -0.4 is 29.0 Å². The van der Waals surface area contributed by atoms with Crippen LogP contribution in [-0.2, 0) is 33.5 Å². The molecule has 0 spiro atoms. The zero-order valence-corrected chi connectivity index (χ0v) is 31.3. The summed E-state index contributed by atoms with van der Waals surface area (Å²) in [7, 11) is 5.23. The number of likely N-dealkylation sites (N-methyl/N-ethyl adjacent to an activating group) is 1. The van der Waals surface area contributed by atoms with Gasteiger partial charge in [-0.2, -0.15) is 5.26 Å². The maximum atomic E-state index is 13.5. The third-order valence-electron chi connectivity index (χ3n) is 11.0. The van der Waals surface area contributed by atoms with Gasteiger partial charge >= 0.3 is 6.16 Å². The SMILES string of the molecule is C=CCOC(=O)Oc1c(C)c2c(c3c1CC1[C@H]4c5c(cc(C)c(OC)c5OCOC)C[C@H]([C@H](C#N)N1[C@H]3CNC(=O)CCc1ccccc1)N4C)OCO2. The fraction of sp³-hybridized carbons (Fsp3) is 0.439. The average Bonchev–Trinajstić information content (AvgIpc) is 3.67. The van der Waals surface area contributed by atoms with Gasteiger partial charge in [-0.05, 0) is 56.8 Å². The van der Waals surface area contributed by atoms with E-state index in [1.54, 1.807) is 14.2 Å². The van der Waals surface area contributed by atoms with Crippen molar-refractivity contribution in [3.8, 4) is 34.8 Å². The molecule has 1 amide bonds. The number of nitriles is 1. The maximum Gasteiger partial charge on any atom is 0.514 e. The molecule has 0 radical (unpaired) electrons. The van der Waals surface area contributed by atoms with Crippen molar-refractivity contribution in [2.24, 2.45) is 0 Å². The number of fused-ring (bicyclic) bond motifs is 9. The number of carbonyl (C=O) groups is 2. The number of amides is 1. The predicted molar refractivity (Wildman–Crippen MR) is 197 cm³/mol. The van der Waals surface area contributed by atoms with Gasteiger partial charge in [0.2, 0.25) is 12.7 Å². The molecule has 0 saturated carbocycles. The molecule has 0 aliphatic carbocycles. The number of nitrogens with zero attached hydrogens (tertiary/aromatic N) is 3. The molecule has 3 aromatic carbocycles. The third-order valence-corrected chi connectivity index (χ3v) is 11.0. The predicted octanol–water partition coefficient (Wildman–Crippen LogP) is 5.25. The molecule has 1 saturated heterocycles. The highest BCUT2D eigenvalue weighted by molar-refractivity contribution is 5.77. The number of rotatable bonds is 12. The normalized spacial score (nSPS) is 22.2. The van der Waals surface area contributed by atoms with E-state index in [2.05, 4.69) is 33.8 Å². The molecule has 13 heteroatoms. The Kier molecular flexibility index (Phi) is 10.7. The Bertz CT molecular complexity index is 1980. The topological polar surface area (TPSA) is 141 Å². The molecule has 3 aromatic rings. The van der Waals surface area contributed by atoms with E-state index in [9.17, 15) is 14.9 Å². The second-order valence-electron chi connectivity index (χ2n) is 14.0. The summed E-state index contributed by atoms with van der Waals surface area (Å²) in [4.78, 5) is 31.1. The second kappa shape index (κ2) is 15.6. The summed E-state index contributed by atoms with van der Waals surface area (Å²) >= 11 is 0. The highest BCUT2D eigenvalue weighted by Gasteiger charge is 2.57. The van der Waals surface area contributed by atoms with Gasteiger partial charge in [-0.1, -0.05) is 49.1 Å². The fourth-order valence-corrected chi connectivity index (χ4v) is 8.85. The van der Waals surface area contributed by atoms with Crippen LogP contribution in [0.25, 0.3) is 0 Å². The van der Waals surface area contributed by atoms with Crippen molar-refractivity contribution >= 4 is 12.1 Å². The summed E-state index contributed by atoms with van der Waals surface area (Å²) < 4.78 is 41.1. The monoisotopic (exact) mass is 738 g/mol. The molecule has 13 nitrogen and oxygen atoms in total. The van der Waals surface area contributed by atoms with Crippen LogP contribution in [0.4, 0.5) is 4.79 Å². The van der Waals surface area contributed by atoms with Crippen LogP contribution in [-0.4, -0.2) is 88.0 Å². The number of hydrogen-bond donors (Lipinski definition) is 1. The number of benzene rings is 3. The molecule has 7 rings (SSSR count). The molecule has 5 atom stereocenters. The Morgan fingerprint density at radius 3 is 2.56 bits per heavy atom. The Morgan fingerprint density at radius 2 is 1.83 bits per heavy atom. The summed E-state index contributed by atoms with van der Waals surface area (Å²) in [6.07, 6.45) is 2.37. The van der Waals surface area contributed by atoms with Gasteiger partial charge in [0.1, 0.15) is 18.4 Å². The number of carbonyl (C=O) groups excluding carboxylic acids is 2. The van der Waals surface area contributed by atoms with E-state index >= 15 is 0 Å². The van der Waals surface area contributed by atoms with Crippen molar-refractivity contribution in [2.45, 2.75) is 69.7 Å². The summed E-state index contributed by atoms with van der Waals surface area (Å²) in [6, 6.07) is 12.6. The molecule has 1 N–H and O–H groups in total. The van der Waals surface area contributed by atoms with E-state index in [1.807, 2.05) is 51.2 Å². The molecule has 4 aliphatic rings. The Hall–Kier alpha value is -5.29. The van der Waals surface area contributed by atoms with E-state index in [0.29, 0.717) is 64.7 Å². The lowest BCUT2D eigenvalue weighted by Gasteiger charge is -2.60. The van der Waals surface area contributed by atoms with Crippen molar-refractivity contribution in [1.29, 1.82) is 5.26 Å². The van der Waals surface area contributed by atoms with Gasteiger partial charge in [0, 0.05) is 54.4 Å². The molecule has 1 fully saturated rings. The van der Waals surface area contributed by atoms with Crippen LogP contribution in [0.1, 0.15) is 57.4 Å². The van der Waals surface area contributed by atoms with Crippen molar-refractivity contribution in [3.63, 3.8) is 0 Å². The lowest BCUT2D eigenvalue weighted by Crippen LogP contribution is -2.68. The highest BCUT2D eigenvalue weighted by atomic mass is 16.7. The van der Waals surface area contributed by atoms with Crippen LogP contribution in [0.15, 0.2) is 49.1 Å². The molecule has 2 bridgehead atoms. The van der Waals surface area contributed by atoms with Crippen LogP contribution in [0.5, 0.6) is 28.7 Å². The van der Waals surface area contributed by atoms with Gasteiger partial charge in [-0.3, -0.25) is 14.6 Å². The molecule has 54 heavy (non-hydrogen) atoms. The molecule has 1 unspecified atom stereocenters. The van der Waals surface area contributed by atoms with Crippen molar-refractivity contribution in [2.75, 3.05) is 48.0 Å². The smallest absolute Gasteiger partial charge is 0.493 e. The lowest BCUT2D eigenvalue weighted by molar-refractivity contribution is -0.122. The summed E-state index contributed by atoms with van der Waals surface area (Å²) in [5.41, 5.74) is 5.99. The standard InChI is InChI=1S/C41H46N4O9/c1-7-15-50-41(47)54-37-24(3)38-40(53-22-52-38)34-27(37)18-29-35-33-26(16-23(2)36(49-6)39(33)51-21-48-5)17-28(44(35)4)30(19-42)45(29)31(34)20-43-32(46)14-13-25-11-9-8-10-12-25/h7-12,16,28-31,35H,1,13-15,17-18,20-22H2,2-6H3,(H,43,46)/t28-,29?,30+,31+,35+/m1/s1. The molecule has 4 heterocycles. The van der Waals surface area contributed by atoms with Crippen molar-refractivity contribution < 1.29 is 42.7 Å². The van der Waals surface area contributed by atoms with E-state index in [0.717, 1.165) is 22.3 Å². The Morgan fingerprint density at radius 1 is 1.06 bits per heavy atom. The van der Waals surface area contributed by atoms with Crippen molar-refractivity contribution in [3.05, 3.63) is 88.0 Å². The molecule has 284 valence electrons. The zero-order chi connectivity index (χ0) is 38.1. The second-order valence-corrected chi connectivity index (χ2v) is 14.0. The van der Waals surface area contributed by atoms with Gasteiger partial charge in [0.25, 0.3) is 0 Å². The quantitative estimate of drug-likeness (QED) is 0.112. The van der Waals surface area contributed by atoms with E-state index < -0.39 is 18.2 Å². The molecular weight excluding hydrogens is 692 g/mol. The highest BCUT2D eigenvalue weighted by Crippen LogP contribution is 2.58. The van der Waals surface area contributed by atoms with Crippen LogP contribution in [0, 0.1) is 25.2 Å². The number of hydrogen-bond acceptors (Lipinski definition) is 12. The summed E-state index contributed by atoms with van der Waals surface area (Å²) in [5.74, 6) is 2.33. The molecular formula is C41H46N4O9. The van der Waals surface area contributed by atoms with Gasteiger partial charge in [0.15, 0.2) is 29.8 Å². The average molecular weight is 739 g/mol. The van der Waals surface area contributed by atoms with Gasteiger partial charge < -0.3 is 38.5 Å². The molecule has 4 aliphatic heterocycles. The van der Waals surface area contributed by atoms with E-state index in [1.165, 1.54) is 6.08 Å². The zero-order valence-electron chi connectivity index (χ0n) is 31.3. The lowest BCUT2D eigenvalue weighted by atomic mass is 9.71. The van der Waals surface area contributed by atoms with Crippen LogP contribution in [0.3, 0.4) is 0 Å². The minimum atomic E-state index is -0.888. The van der Waals surface area contributed by atoms with Crippen LogP contribution in [0.2, 0.25) is 0 Å². The van der Waals surface area contributed by atoms with Gasteiger partial charge in [0.05, 0.1) is 25.3 Å². The first kappa shape index (κ1) is 37.0. The maximum absolute atomic E-state index is 13.5. The number of ether oxygens (including phenoxy) is 7. The fourth-order valence-electron chi connectivity index (χ4n) is 8.85. The number of methoxy groups -OCH3 is 2. The first-order valence-electron chi connectivity index (χ1n) is 18.1. The number of piperazine rings is 1. The Labute approximate surface area is 315 Å². The molecule has 0 aromatic heterocycles. The summed E-state index contributed by atoms with van der Waals surface area (Å²) in [5, 5.41) is 14.2. The van der Waals surface area contributed by atoms with E-state index in [4.69, 9.17) is 33.2 Å². The van der Waals surface area contributed by atoms with Crippen molar-refractivity contribution in [1.82, 2.24) is 15.1 Å². The van der Waals surface area contributed by atoms with E-state index in [-0.39, 0.29) is 57.2 Å². The minimum absolute atomic E-state index is 0.00919. The van der Waals surface area contributed by atoms with Gasteiger partial charge in [-0.15, -0.1) is 0 Å². The first-order chi connectivity index (χ1) is 26.2. The largest absolute Gasteiger partial charge is 0.514 e. The van der Waals surface area contributed by atoms with Crippen LogP contribution >= 0.6 is 0 Å². The first-order valence-corrected chi connectivity index (χ1v) is 18.1.